The summed E-state index contributed by atoms with van der Waals surface area (Å²) in [5, 5.41) is 15.6. The van der Waals surface area contributed by atoms with Crippen LogP contribution < -0.4 is 54.1 Å². The first kappa shape index (κ1) is 67.5. The zero-order valence-corrected chi connectivity index (χ0v) is 52.6. The van der Waals surface area contributed by atoms with Crippen molar-refractivity contribution in [3.8, 4) is 11.5 Å². The monoisotopic (exact) mass is 1180 g/mol. The van der Waals surface area contributed by atoms with Crippen LogP contribution in [0.3, 0.4) is 0 Å². The summed E-state index contributed by atoms with van der Waals surface area (Å²) in [5.41, 5.74) is 9.37. The number of methoxy groups -OCH3 is 2. The van der Waals surface area contributed by atoms with Gasteiger partial charge in [0.15, 0.2) is 0 Å². The number of Topliss-reactive ketones (excluding diaryl/α,β-unsaturated/α-hetero) is 1. The number of ketones is 1. The van der Waals surface area contributed by atoms with Gasteiger partial charge < -0.3 is 52.0 Å². The van der Waals surface area contributed by atoms with Gasteiger partial charge in [-0.15, -0.1) is 0 Å². The van der Waals surface area contributed by atoms with Crippen LogP contribution in [-0.2, 0) is 45.4 Å². The predicted octanol–water partition coefficient (Wildman–Crippen LogP) is 6.18. The minimum atomic E-state index is -0.833. The maximum atomic E-state index is 11.3. The number of carboxylic acid groups (broad SMARTS) is 1. The standard InChI is InChI=1S/C27H31N5O.C14H17N3O.C14H16N2O.C4H6O4.C2H3BO2.C2H4O2.Na/c1-33-22-16-20-4-2-10-28-26(20)25(17-22)32-14-12-31(13-15-32)21-8-6-19(7-9-21)24-18-30-27-23(24)5-3-11-29-27;1-18-12-9-11-3-2-4-16-14(11)13(10-12)17-7-5-15-6-8-17;1-16-9-13(10-4-6-11(17)7-5-10)12-3-2-8-15-14(12)16;1-3(5)7-8-4(2)6;1-2(4)5-3;1-2(3)4;/h2-5,10-11,16-19,21H,6-9,12-15H2,1H3,(H,29,30);2-4,9-10,15H,5-8H2,1H3;2-3,8-10H,4-7H2,1H3;1-2H3;1H3;1H3,(H,3,4);/q;;;;-1;;+1. The van der Waals surface area contributed by atoms with Crippen molar-refractivity contribution >= 4 is 93.0 Å². The Hall–Kier alpha value is -7.63. The fraction of sp³-hybridized carbons (Fsp3) is 0.413. The zero-order chi connectivity index (χ0) is 60.8. The number of hydrogen-bond acceptors (Lipinski definition) is 18. The van der Waals surface area contributed by atoms with Gasteiger partial charge in [-0.3, -0.25) is 29.3 Å². The Morgan fingerprint density at radius 3 is 1.60 bits per heavy atom. The number of aryl methyl sites for hydroxylation is 1. The molecule has 0 bridgehead atoms. The first-order chi connectivity index (χ1) is 41.1. The molecule has 0 spiro atoms. The van der Waals surface area contributed by atoms with Crippen molar-refractivity contribution in [1.29, 1.82) is 0 Å². The molecule has 3 radical (unpaired) electrons. The molecule has 0 amide bonds. The first-order valence-electron chi connectivity index (χ1n) is 28.6. The quantitative estimate of drug-likeness (QED) is 0.0916. The van der Waals surface area contributed by atoms with Crippen LogP contribution in [0.15, 0.2) is 110 Å². The summed E-state index contributed by atoms with van der Waals surface area (Å²) in [4.78, 5) is 86.1. The number of rotatable bonds is 7. The maximum Gasteiger partial charge on any atom is 1.00 e. The van der Waals surface area contributed by atoms with Crippen LogP contribution in [0.4, 0.5) is 11.4 Å². The third-order valence-corrected chi connectivity index (χ3v) is 15.2. The molecular formula is C63H77BN10NaO11. The normalized spacial score (nSPS) is 16.8. The molecule has 2 aliphatic heterocycles. The van der Waals surface area contributed by atoms with Crippen molar-refractivity contribution in [2.75, 3.05) is 76.4 Å². The molecule has 2 saturated carbocycles. The number of benzene rings is 2. The van der Waals surface area contributed by atoms with E-state index in [-0.39, 0.29) is 29.6 Å². The van der Waals surface area contributed by atoms with E-state index in [2.05, 4.69) is 127 Å². The summed E-state index contributed by atoms with van der Waals surface area (Å²) < 4.78 is 16.6. The molecule has 449 valence electrons. The molecule has 2 saturated heterocycles. The van der Waals surface area contributed by atoms with Crippen LogP contribution in [0.1, 0.15) is 102 Å². The molecule has 8 heterocycles. The van der Waals surface area contributed by atoms with E-state index in [0.29, 0.717) is 23.7 Å². The number of aliphatic carboxylic acids is 1. The molecule has 12 rings (SSSR count). The number of aromatic nitrogens is 6. The van der Waals surface area contributed by atoms with E-state index < -0.39 is 23.9 Å². The van der Waals surface area contributed by atoms with Gasteiger partial charge in [-0.25, -0.2) is 29.3 Å². The predicted molar refractivity (Wildman–Crippen MR) is 328 cm³/mol. The summed E-state index contributed by atoms with van der Waals surface area (Å²) in [6.07, 6.45) is 20.3. The number of H-pyrrole nitrogens is 1. The number of anilines is 2. The molecule has 86 heavy (non-hydrogen) atoms. The zero-order valence-electron chi connectivity index (χ0n) is 50.6. The van der Waals surface area contributed by atoms with Gasteiger partial charge in [0, 0.05) is 177 Å². The van der Waals surface area contributed by atoms with E-state index in [0.717, 1.165) is 143 Å². The van der Waals surface area contributed by atoms with E-state index >= 15 is 0 Å². The summed E-state index contributed by atoms with van der Waals surface area (Å²) >= 11 is 0. The molecule has 2 aromatic carbocycles. The van der Waals surface area contributed by atoms with Crippen LogP contribution in [-0.4, -0.2) is 150 Å². The van der Waals surface area contributed by atoms with Crippen molar-refractivity contribution in [3.63, 3.8) is 0 Å². The molecule has 8 aromatic rings. The number of carboxylic acids is 1. The van der Waals surface area contributed by atoms with Gasteiger partial charge in [-0.05, 0) is 110 Å². The number of aromatic amines is 1. The summed E-state index contributed by atoms with van der Waals surface area (Å²) in [6, 6.07) is 25.6. The van der Waals surface area contributed by atoms with Crippen LogP contribution in [0.5, 0.6) is 11.5 Å². The minimum absolute atomic E-state index is 0. The molecule has 4 aliphatic rings. The van der Waals surface area contributed by atoms with Gasteiger partial charge in [0.05, 0.1) is 36.6 Å². The van der Waals surface area contributed by atoms with Gasteiger partial charge >= 0.3 is 41.5 Å². The van der Waals surface area contributed by atoms with Crippen molar-refractivity contribution in [1.82, 2.24) is 39.7 Å². The second-order valence-electron chi connectivity index (χ2n) is 21.0. The number of piperazine rings is 2. The Labute approximate surface area is 525 Å². The van der Waals surface area contributed by atoms with Crippen molar-refractivity contribution in [3.05, 3.63) is 121 Å². The van der Waals surface area contributed by atoms with Crippen LogP contribution in [0.25, 0.3) is 43.9 Å². The van der Waals surface area contributed by atoms with Crippen LogP contribution >= 0.6 is 0 Å². The number of nitrogens with zero attached hydrogens (tertiary/aromatic N) is 8. The topological polar surface area (TPSA) is 246 Å². The number of hydrogen-bond donors (Lipinski definition) is 3. The minimum Gasteiger partial charge on any atom is -0.793 e. The summed E-state index contributed by atoms with van der Waals surface area (Å²) in [7, 11) is 9.80. The molecule has 2 aliphatic carbocycles. The van der Waals surface area contributed by atoms with E-state index in [1.54, 1.807) is 14.2 Å². The Morgan fingerprint density at radius 1 is 0.616 bits per heavy atom. The molecule has 6 aromatic heterocycles. The number of nitrogens with one attached hydrogen (secondary N) is 2. The second-order valence-corrected chi connectivity index (χ2v) is 21.0. The fourth-order valence-corrected chi connectivity index (χ4v) is 11.2. The smallest absolute Gasteiger partial charge is 0.793 e. The molecule has 0 atom stereocenters. The van der Waals surface area contributed by atoms with Gasteiger partial charge in [0.1, 0.15) is 28.6 Å². The van der Waals surface area contributed by atoms with Crippen LogP contribution in [0, 0.1) is 0 Å². The van der Waals surface area contributed by atoms with Crippen molar-refractivity contribution < 1.29 is 82.5 Å². The molecule has 4 fully saturated rings. The maximum absolute atomic E-state index is 11.3. The molecule has 23 heteroatoms. The Balaban J connectivity index is 0.000000190. The number of pyridine rings is 4. The molecule has 3 N–H and O–H groups in total. The van der Waals surface area contributed by atoms with Gasteiger partial charge in [0.2, 0.25) is 5.97 Å². The summed E-state index contributed by atoms with van der Waals surface area (Å²) in [6.45, 7) is 13.0. The molecular weight excluding hydrogens is 1110 g/mol. The largest absolute Gasteiger partial charge is 1.00 e. The molecule has 0 unspecified atom stereocenters. The third-order valence-electron chi connectivity index (χ3n) is 15.2. The van der Waals surface area contributed by atoms with E-state index in [4.69, 9.17) is 19.4 Å². The Morgan fingerprint density at radius 2 is 1.09 bits per heavy atom. The Kier molecular flexibility index (Phi) is 26.6. The fourth-order valence-electron chi connectivity index (χ4n) is 11.2. The third kappa shape index (κ3) is 19.2. The van der Waals surface area contributed by atoms with Crippen LogP contribution in [0.2, 0.25) is 0 Å². The number of carbonyl (C=O) groups is 5. The van der Waals surface area contributed by atoms with Crippen molar-refractivity contribution in [2.24, 2.45) is 7.05 Å². The average Bonchev–Trinajstić information content (AvgIpc) is 4.35. The van der Waals surface area contributed by atoms with Gasteiger partial charge in [0.25, 0.3) is 5.97 Å². The van der Waals surface area contributed by atoms with Gasteiger partial charge in [-0.2, -0.15) is 0 Å². The molecule has 21 nitrogen and oxygen atoms in total. The Bertz CT molecular complexity index is 3480. The number of carbonyl (C=O) groups excluding carboxylic acids is 4. The summed E-state index contributed by atoms with van der Waals surface area (Å²) in [5.74, 6) is 0.808. The van der Waals surface area contributed by atoms with E-state index in [9.17, 15) is 19.2 Å². The SMILES string of the molecule is CC(=O)O.CC(=O)OOC(C)=O.COc1cc(N2CCN(C3CCC(c4c[nH]c5ncccc45)CC3)CC2)c2ncccc2c1.COc1cc(N2CCNCC2)c2ncccc2c1.Cn1cc(C2CCC(=O)CC2)c2cccnc21.[B-]OC(C)=O.[Na+]. The van der Waals surface area contributed by atoms with E-state index in [1.165, 1.54) is 65.9 Å². The van der Waals surface area contributed by atoms with E-state index in [1.807, 2.05) is 62.2 Å². The first-order valence-corrected chi connectivity index (χ1v) is 28.6. The number of ether oxygens (including phenoxy) is 2. The second kappa shape index (κ2) is 33.9. The number of fused-ring (bicyclic) bond motifs is 4. The van der Waals surface area contributed by atoms with Gasteiger partial charge in [-0.1, -0.05) is 12.1 Å². The average molecular weight is 1180 g/mol. The van der Waals surface area contributed by atoms with Crippen molar-refractivity contribution in [2.45, 2.75) is 96.9 Å².